The Morgan fingerprint density at radius 2 is 1.57 bits per heavy atom. The molecule has 0 aliphatic carbocycles. The van der Waals surface area contributed by atoms with Gasteiger partial charge in [0.15, 0.2) is 6.04 Å². The molecule has 0 fully saturated rings. The highest BCUT2D eigenvalue weighted by Gasteiger charge is 2.22. The first-order valence-corrected chi connectivity index (χ1v) is 6.77. The van der Waals surface area contributed by atoms with E-state index in [9.17, 15) is 14.7 Å². The van der Waals surface area contributed by atoms with Crippen LogP contribution in [0.3, 0.4) is 0 Å². The molecule has 0 bridgehead atoms. The molecule has 1 atom stereocenters. The molecule has 0 unspecified atom stereocenters. The molecular weight excluding hydrogens is 313 g/mol. The van der Waals surface area contributed by atoms with E-state index < -0.39 is 17.9 Å². The van der Waals surface area contributed by atoms with Gasteiger partial charge in [-0.3, -0.25) is 4.79 Å². The van der Waals surface area contributed by atoms with E-state index in [1.54, 1.807) is 30.3 Å². The fraction of sp³-hybridized carbons (Fsp3) is 0.0667. The van der Waals surface area contributed by atoms with E-state index in [-0.39, 0.29) is 5.56 Å². The van der Waals surface area contributed by atoms with Crippen molar-refractivity contribution < 1.29 is 14.7 Å². The molecule has 2 rings (SSSR count). The van der Waals surface area contributed by atoms with Crippen molar-refractivity contribution in [3.05, 3.63) is 69.7 Å². The number of carboxylic acid groups (broad SMARTS) is 1. The maximum Gasteiger partial charge on any atom is 0.330 e. The van der Waals surface area contributed by atoms with Crippen LogP contribution in [0.5, 0.6) is 0 Å². The number of halogens is 2. The summed E-state index contributed by atoms with van der Waals surface area (Å²) in [6, 6.07) is 11.6. The van der Waals surface area contributed by atoms with Crippen LogP contribution in [0.15, 0.2) is 48.5 Å². The predicted molar refractivity (Wildman–Crippen MR) is 80.7 cm³/mol. The zero-order chi connectivity index (χ0) is 15.4. The van der Waals surface area contributed by atoms with Crippen molar-refractivity contribution in [1.82, 2.24) is 5.32 Å². The third-order valence-electron chi connectivity index (χ3n) is 2.78. The lowest BCUT2D eigenvalue weighted by Gasteiger charge is -2.15. The molecule has 0 aliphatic heterocycles. The van der Waals surface area contributed by atoms with Gasteiger partial charge in [-0.2, -0.15) is 0 Å². The Kier molecular flexibility index (Phi) is 4.83. The number of amides is 1. The zero-order valence-electron chi connectivity index (χ0n) is 10.7. The lowest BCUT2D eigenvalue weighted by atomic mass is 10.1. The SMILES string of the molecule is O=C(N[C@@H](C(=O)O)c1ccccc1)c1cc(Cl)cc(Cl)c1. The van der Waals surface area contributed by atoms with Crippen LogP contribution in [0.2, 0.25) is 10.0 Å². The second kappa shape index (κ2) is 6.61. The maximum atomic E-state index is 12.1. The monoisotopic (exact) mass is 323 g/mol. The third-order valence-corrected chi connectivity index (χ3v) is 3.22. The van der Waals surface area contributed by atoms with Gasteiger partial charge in [0.25, 0.3) is 5.91 Å². The van der Waals surface area contributed by atoms with E-state index in [2.05, 4.69) is 5.32 Å². The highest BCUT2D eigenvalue weighted by Crippen LogP contribution is 2.20. The number of hydrogen-bond acceptors (Lipinski definition) is 2. The molecule has 0 saturated carbocycles. The van der Waals surface area contributed by atoms with Crippen molar-refractivity contribution >= 4 is 35.1 Å². The Balaban J connectivity index is 2.25. The van der Waals surface area contributed by atoms with Gasteiger partial charge < -0.3 is 10.4 Å². The van der Waals surface area contributed by atoms with Crippen LogP contribution < -0.4 is 5.32 Å². The second-order valence-corrected chi connectivity index (χ2v) is 5.19. The minimum atomic E-state index is -1.15. The molecule has 0 heterocycles. The van der Waals surface area contributed by atoms with E-state index in [0.29, 0.717) is 15.6 Å². The summed E-state index contributed by atoms with van der Waals surface area (Å²) >= 11 is 11.7. The normalized spacial score (nSPS) is 11.7. The molecule has 0 aliphatic rings. The predicted octanol–water partition coefficient (Wildman–Crippen LogP) is 3.55. The summed E-state index contributed by atoms with van der Waals surface area (Å²) in [6.07, 6.45) is 0. The van der Waals surface area contributed by atoms with E-state index in [4.69, 9.17) is 23.2 Å². The Hall–Kier alpha value is -2.04. The van der Waals surface area contributed by atoms with E-state index in [0.717, 1.165) is 0 Å². The highest BCUT2D eigenvalue weighted by atomic mass is 35.5. The van der Waals surface area contributed by atoms with Crippen LogP contribution in [-0.4, -0.2) is 17.0 Å². The van der Waals surface area contributed by atoms with Crippen LogP contribution >= 0.6 is 23.2 Å². The van der Waals surface area contributed by atoms with E-state index >= 15 is 0 Å². The maximum absolute atomic E-state index is 12.1. The molecule has 108 valence electrons. The zero-order valence-corrected chi connectivity index (χ0v) is 12.2. The van der Waals surface area contributed by atoms with Gasteiger partial charge in [-0.05, 0) is 23.8 Å². The molecule has 0 saturated heterocycles. The molecule has 2 aromatic carbocycles. The summed E-state index contributed by atoms with van der Waals surface area (Å²) in [5, 5.41) is 12.3. The van der Waals surface area contributed by atoms with Crippen LogP contribution in [0.4, 0.5) is 0 Å². The number of carbonyl (C=O) groups is 2. The first-order chi connectivity index (χ1) is 9.97. The molecule has 1 amide bonds. The Bertz CT molecular complexity index is 654. The lowest BCUT2D eigenvalue weighted by Crippen LogP contribution is -2.33. The van der Waals surface area contributed by atoms with E-state index in [1.807, 2.05) is 0 Å². The van der Waals surface area contributed by atoms with E-state index in [1.165, 1.54) is 18.2 Å². The van der Waals surface area contributed by atoms with Gasteiger partial charge in [-0.1, -0.05) is 53.5 Å². The smallest absolute Gasteiger partial charge is 0.330 e. The summed E-state index contributed by atoms with van der Waals surface area (Å²) in [6.45, 7) is 0. The molecule has 0 radical (unpaired) electrons. The topological polar surface area (TPSA) is 66.4 Å². The fourth-order valence-corrected chi connectivity index (χ4v) is 2.36. The standard InChI is InChI=1S/C15H11Cl2NO3/c16-11-6-10(7-12(17)8-11)14(19)18-13(15(20)21)9-4-2-1-3-5-9/h1-8,13H,(H,18,19)(H,20,21)/t13-/m1/s1. The van der Waals surface area contributed by atoms with Crippen molar-refractivity contribution in [2.24, 2.45) is 0 Å². The molecule has 0 aromatic heterocycles. The molecule has 21 heavy (non-hydrogen) atoms. The highest BCUT2D eigenvalue weighted by molar-refractivity contribution is 6.35. The number of rotatable bonds is 4. The number of carboxylic acids is 1. The average Bonchev–Trinajstić information content (AvgIpc) is 2.44. The summed E-state index contributed by atoms with van der Waals surface area (Å²) in [5.74, 6) is -1.71. The van der Waals surface area contributed by atoms with Crippen molar-refractivity contribution in [3.8, 4) is 0 Å². The van der Waals surface area contributed by atoms with Crippen molar-refractivity contribution in [2.75, 3.05) is 0 Å². The number of hydrogen-bond donors (Lipinski definition) is 2. The van der Waals surface area contributed by atoms with Crippen molar-refractivity contribution in [1.29, 1.82) is 0 Å². The minimum absolute atomic E-state index is 0.203. The molecule has 2 aromatic rings. The van der Waals surface area contributed by atoms with Crippen LogP contribution in [0.25, 0.3) is 0 Å². The summed E-state index contributed by atoms with van der Waals surface area (Å²) in [4.78, 5) is 23.5. The summed E-state index contributed by atoms with van der Waals surface area (Å²) < 4.78 is 0. The quantitative estimate of drug-likeness (QED) is 0.904. The Labute approximate surface area is 131 Å². The second-order valence-electron chi connectivity index (χ2n) is 4.31. The van der Waals surface area contributed by atoms with Gasteiger partial charge >= 0.3 is 5.97 Å². The number of nitrogens with one attached hydrogen (secondary N) is 1. The molecular formula is C15H11Cl2NO3. The first kappa shape index (κ1) is 15.4. The molecule has 6 heteroatoms. The molecule has 4 nitrogen and oxygen atoms in total. The largest absolute Gasteiger partial charge is 0.479 e. The first-order valence-electron chi connectivity index (χ1n) is 6.02. The molecule has 0 spiro atoms. The average molecular weight is 324 g/mol. The van der Waals surface area contributed by atoms with Gasteiger partial charge in [0.05, 0.1) is 0 Å². The van der Waals surface area contributed by atoms with Crippen molar-refractivity contribution in [3.63, 3.8) is 0 Å². The Morgan fingerprint density at radius 3 is 2.10 bits per heavy atom. The van der Waals surface area contributed by atoms with Crippen LogP contribution in [0, 0.1) is 0 Å². The van der Waals surface area contributed by atoms with Gasteiger partial charge in [0.1, 0.15) is 0 Å². The Morgan fingerprint density at radius 1 is 1.00 bits per heavy atom. The number of aliphatic carboxylic acids is 1. The number of benzene rings is 2. The number of carbonyl (C=O) groups excluding carboxylic acids is 1. The fourth-order valence-electron chi connectivity index (χ4n) is 1.83. The van der Waals surface area contributed by atoms with Crippen LogP contribution in [0.1, 0.15) is 22.0 Å². The summed E-state index contributed by atoms with van der Waals surface area (Å²) in [5.41, 5.74) is 0.682. The lowest BCUT2D eigenvalue weighted by molar-refractivity contribution is -0.139. The van der Waals surface area contributed by atoms with Gasteiger partial charge in [-0.25, -0.2) is 4.79 Å². The minimum Gasteiger partial charge on any atom is -0.479 e. The summed E-state index contributed by atoms with van der Waals surface area (Å²) in [7, 11) is 0. The molecule has 2 N–H and O–H groups in total. The van der Waals surface area contributed by atoms with Crippen molar-refractivity contribution in [2.45, 2.75) is 6.04 Å². The van der Waals surface area contributed by atoms with Gasteiger partial charge in [-0.15, -0.1) is 0 Å². The van der Waals surface area contributed by atoms with Gasteiger partial charge in [0.2, 0.25) is 0 Å². The van der Waals surface area contributed by atoms with Gasteiger partial charge in [0, 0.05) is 15.6 Å². The third kappa shape index (κ3) is 3.97. The van der Waals surface area contributed by atoms with Crippen LogP contribution in [-0.2, 0) is 4.79 Å².